The van der Waals surface area contributed by atoms with Gasteiger partial charge in [0.1, 0.15) is 11.1 Å². The number of hydrogen-bond donors (Lipinski definition) is 1. The van der Waals surface area contributed by atoms with Crippen LogP contribution in [0.4, 0.5) is 0 Å². The molecule has 0 spiro atoms. The molecule has 1 heterocycles. The van der Waals surface area contributed by atoms with Crippen LogP contribution in [0.3, 0.4) is 0 Å². The molecule has 0 aliphatic carbocycles. The number of aryl methyl sites for hydroxylation is 3. The Morgan fingerprint density at radius 3 is 2.26 bits per heavy atom. The van der Waals surface area contributed by atoms with Crippen LogP contribution in [0.25, 0.3) is 0 Å². The van der Waals surface area contributed by atoms with Crippen LogP contribution in [0, 0.1) is 26.8 Å². The molecule has 1 radical (unpaired) electrons. The van der Waals surface area contributed by atoms with Gasteiger partial charge < -0.3 is 4.79 Å². The van der Waals surface area contributed by atoms with Gasteiger partial charge in [-0.3, -0.25) is 0 Å². The molecule has 23 heavy (non-hydrogen) atoms. The summed E-state index contributed by atoms with van der Waals surface area (Å²) in [6.07, 6.45) is 1.68. The Labute approximate surface area is 170 Å². The molecule has 2 rings (SSSR count). The van der Waals surface area contributed by atoms with Gasteiger partial charge in [-0.1, -0.05) is 30.5 Å². The normalized spacial score (nSPS) is 10.4. The summed E-state index contributed by atoms with van der Waals surface area (Å²) in [6, 6.07) is 9.04. The molecule has 123 valence electrons. The van der Waals surface area contributed by atoms with E-state index >= 15 is 0 Å². The van der Waals surface area contributed by atoms with Gasteiger partial charge in [-0.25, -0.2) is 8.49 Å². The predicted molar refractivity (Wildman–Crippen MR) is 85.2 cm³/mol. The fourth-order valence-electron chi connectivity index (χ4n) is 1.73. The van der Waals surface area contributed by atoms with E-state index in [2.05, 4.69) is 48.7 Å². The van der Waals surface area contributed by atoms with Crippen molar-refractivity contribution >= 4 is 28.7 Å². The zero-order chi connectivity index (χ0) is 15.8. The van der Waals surface area contributed by atoms with Gasteiger partial charge in [-0.15, -0.1) is 6.07 Å². The topological polar surface area (TPSA) is 55.4 Å². The maximum atomic E-state index is 11.1. The Hall–Kier alpha value is -0.0673. The first-order chi connectivity index (χ1) is 9.97. The van der Waals surface area contributed by atoms with Crippen molar-refractivity contribution in [3.8, 4) is 0 Å². The number of hydroxylamine groups is 1. The summed E-state index contributed by atoms with van der Waals surface area (Å²) < 4.78 is 15.7. The first-order valence-corrected chi connectivity index (χ1v) is 8.12. The van der Waals surface area contributed by atoms with E-state index in [-0.39, 0.29) is 39.6 Å². The molecule has 1 N–H and O–H groups in total. The van der Waals surface area contributed by atoms with Crippen molar-refractivity contribution in [1.29, 1.82) is 0 Å². The molecule has 1 atom stereocenters. The zero-order valence-electron chi connectivity index (χ0n) is 13.2. The standard InChI is InChI=1S/C9H11.C6H6NO3S2.V.W/c1-7-4-8(2)6-9(3)5-7;1-7-10-12(9)6-2-3-11-5(6)4-8;;/h4-5H,1-3H3;2-3,7H,1H3;;/q2*-1;;+2. The first kappa shape index (κ1) is 25.2. The van der Waals surface area contributed by atoms with E-state index in [9.17, 15) is 9.00 Å². The van der Waals surface area contributed by atoms with Crippen molar-refractivity contribution in [2.75, 3.05) is 7.05 Å². The molecular formula is C15H17NO3S2VW. The molecule has 1 unspecified atom stereocenters. The van der Waals surface area contributed by atoms with Crippen molar-refractivity contribution < 1.29 is 52.9 Å². The van der Waals surface area contributed by atoms with Crippen molar-refractivity contribution in [3.63, 3.8) is 0 Å². The number of thiophene rings is 1. The van der Waals surface area contributed by atoms with E-state index < -0.39 is 11.1 Å². The Morgan fingerprint density at radius 1 is 1.26 bits per heavy atom. The second-order valence-corrected chi connectivity index (χ2v) is 6.25. The van der Waals surface area contributed by atoms with Gasteiger partial charge in [0.25, 0.3) is 0 Å². The summed E-state index contributed by atoms with van der Waals surface area (Å²) in [5.74, 6) is 0. The van der Waals surface area contributed by atoms with Crippen LogP contribution in [0.1, 0.15) is 21.6 Å². The van der Waals surface area contributed by atoms with Gasteiger partial charge >= 0.3 is 21.1 Å². The summed E-state index contributed by atoms with van der Waals surface area (Å²) in [5, 5.41) is 1.66. The molecule has 0 aliphatic heterocycles. The van der Waals surface area contributed by atoms with E-state index in [1.54, 1.807) is 17.7 Å². The molecule has 1 aromatic heterocycles. The number of benzene rings is 1. The molecule has 0 aliphatic rings. The molecule has 1 aromatic carbocycles. The smallest absolute Gasteiger partial charge is 0.417 e. The van der Waals surface area contributed by atoms with Crippen LogP contribution in [0.15, 0.2) is 28.5 Å². The van der Waals surface area contributed by atoms with E-state index in [4.69, 9.17) is 0 Å². The van der Waals surface area contributed by atoms with Crippen molar-refractivity contribution in [1.82, 2.24) is 5.48 Å². The van der Waals surface area contributed by atoms with Crippen LogP contribution in [-0.4, -0.2) is 17.5 Å². The van der Waals surface area contributed by atoms with Crippen LogP contribution in [-0.2, 0) is 59.8 Å². The minimum absolute atomic E-state index is 0. The van der Waals surface area contributed by atoms with Crippen LogP contribution >= 0.6 is 11.3 Å². The second kappa shape index (κ2) is 13.2. The summed E-state index contributed by atoms with van der Waals surface area (Å²) in [7, 11) is 1.49. The number of rotatable bonds is 4. The van der Waals surface area contributed by atoms with Crippen molar-refractivity contribution in [2.24, 2.45) is 0 Å². The molecule has 4 nitrogen and oxygen atoms in total. The zero-order valence-corrected chi connectivity index (χ0v) is 19.2. The van der Waals surface area contributed by atoms with E-state index in [1.807, 2.05) is 0 Å². The fraction of sp³-hybridized carbons (Fsp3) is 0.267. The van der Waals surface area contributed by atoms with Crippen LogP contribution in [0.2, 0.25) is 0 Å². The SMILES string of the molecule is CNOS(=O)c1ccsc1[C-]=O.Cc1[c-]c(C)cc(C)c1.[V].[W+2]. The van der Waals surface area contributed by atoms with Crippen molar-refractivity contribution in [2.45, 2.75) is 25.7 Å². The quantitative estimate of drug-likeness (QED) is 0.464. The minimum atomic E-state index is -1.63. The Kier molecular flexibility index (Phi) is 14.5. The van der Waals surface area contributed by atoms with E-state index in [1.165, 1.54) is 35.1 Å². The molecule has 2 aromatic rings. The van der Waals surface area contributed by atoms with Gasteiger partial charge in [0.05, 0.1) is 0 Å². The average molecular weight is 558 g/mol. The summed E-state index contributed by atoms with van der Waals surface area (Å²) in [4.78, 5) is 10.9. The third-order valence-corrected chi connectivity index (χ3v) is 4.30. The Balaban J connectivity index is 0. The molecule has 0 saturated heterocycles. The molecule has 0 bridgehead atoms. The summed E-state index contributed by atoms with van der Waals surface area (Å²) >= 11 is -0.448. The molecular weight excluding hydrogens is 541 g/mol. The van der Waals surface area contributed by atoms with Gasteiger partial charge in [-0.2, -0.15) is 51.7 Å². The first-order valence-electron chi connectivity index (χ1n) is 6.16. The third kappa shape index (κ3) is 9.11. The second-order valence-electron chi connectivity index (χ2n) is 4.26. The fourth-order valence-corrected chi connectivity index (χ4v) is 3.35. The monoisotopic (exact) mass is 558 g/mol. The van der Waals surface area contributed by atoms with E-state index in [0.29, 0.717) is 9.77 Å². The van der Waals surface area contributed by atoms with Gasteiger partial charge in [0, 0.05) is 31.9 Å². The molecule has 8 heteroatoms. The maximum absolute atomic E-state index is 11.1. The van der Waals surface area contributed by atoms with E-state index in [0.717, 1.165) is 0 Å². The number of nitrogens with one attached hydrogen (secondary N) is 1. The van der Waals surface area contributed by atoms with Gasteiger partial charge in [-0.05, 0) is 5.38 Å². The maximum Gasteiger partial charge on any atom is 2.00 e. The molecule has 0 amide bonds. The largest absolute Gasteiger partial charge is 2.00 e. The summed E-state index contributed by atoms with van der Waals surface area (Å²) in [5.41, 5.74) is 6.06. The van der Waals surface area contributed by atoms with Crippen molar-refractivity contribution in [3.05, 3.63) is 51.2 Å². The third-order valence-electron chi connectivity index (χ3n) is 2.34. The molecule has 0 saturated carbocycles. The number of carbonyl (C=O) groups excluding carboxylic acids is 1. The Morgan fingerprint density at radius 2 is 1.83 bits per heavy atom. The van der Waals surface area contributed by atoms with Gasteiger partial charge in [0.2, 0.25) is 0 Å². The Bertz CT molecular complexity index is 584. The number of hydrogen-bond acceptors (Lipinski definition) is 5. The van der Waals surface area contributed by atoms with Crippen LogP contribution < -0.4 is 5.48 Å². The molecule has 0 fully saturated rings. The summed E-state index contributed by atoms with van der Waals surface area (Å²) in [6.45, 7) is 6.24. The van der Waals surface area contributed by atoms with Crippen LogP contribution in [0.5, 0.6) is 0 Å². The average Bonchev–Trinajstić information content (AvgIpc) is 2.86. The van der Waals surface area contributed by atoms with Gasteiger partial charge in [0.15, 0.2) is 0 Å². The minimum Gasteiger partial charge on any atom is -0.417 e. The predicted octanol–water partition coefficient (Wildman–Crippen LogP) is 2.79.